The lowest BCUT2D eigenvalue weighted by Crippen LogP contribution is -2.51. The second-order valence-corrected chi connectivity index (χ2v) is 8.25. The maximum absolute atomic E-state index is 12.2. The van der Waals surface area contributed by atoms with E-state index in [4.69, 9.17) is 0 Å². The van der Waals surface area contributed by atoms with Crippen LogP contribution in [-0.2, 0) is 11.2 Å². The van der Waals surface area contributed by atoms with Crippen molar-refractivity contribution in [2.24, 2.45) is 0 Å². The maximum atomic E-state index is 12.2. The first-order chi connectivity index (χ1) is 12.6. The zero-order valence-electron chi connectivity index (χ0n) is 16.5. The molecule has 4 heteroatoms. The van der Waals surface area contributed by atoms with Gasteiger partial charge in [0, 0.05) is 38.8 Å². The average Bonchev–Trinajstić information content (AvgIpc) is 3.17. The van der Waals surface area contributed by atoms with E-state index < -0.39 is 0 Å². The van der Waals surface area contributed by atoms with Gasteiger partial charge in [-0.15, -0.1) is 0 Å². The molecule has 0 radical (unpaired) electrons. The van der Waals surface area contributed by atoms with Crippen LogP contribution in [0.4, 0.5) is 0 Å². The zero-order chi connectivity index (χ0) is 18.4. The monoisotopic (exact) mass is 357 g/mol. The third kappa shape index (κ3) is 5.55. The summed E-state index contributed by atoms with van der Waals surface area (Å²) in [5, 5.41) is 3.09. The number of amides is 1. The van der Waals surface area contributed by atoms with E-state index in [-0.39, 0.29) is 5.91 Å². The first kappa shape index (κ1) is 19.4. The lowest BCUT2D eigenvalue weighted by atomic mass is 10.0. The second-order valence-electron chi connectivity index (χ2n) is 8.25. The molecule has 1 aliphatic heterocycles. The number of benzene rings is 1. The minimum Gasteiger partial charge on any atom is -0.355 e. The SMILES string of the molecule is CC(C)c1ccc(CCNC(=O)CN2CCN(C3CCCC3)CC2)cc1. The molecule has 0 unspecified atom stereocenters. The molecular weight excluding hydrogens is 322 g/mol. The molecule has 2 aliphatic rings. The molecule has 1 saturated carbocycles. The van der Waals surface area contributed by atoms with Crippen LogP contribution in [0.5, 0.6) is 0 Å². The number of nitrogens with one attached hydrogen (secondary N) is 1. The van der Waals surface area contributed by atoms with Crippen molar-refractivity contribution < 1.29 is 4.79 Å². The molecule has 1 heterocycles. The molecule has 3 rings (SSSR count). The molecule has 4 nitrogen and oxygen atoms in total. The van der Waals surface area contributed by atoms with E-state index in [1.165, 1.54) is 36.8 Å². The molecule has 26 heavy (non-hydrogen) atoms. The Morgan fingerprint density at radius 1 is 1.08 bits per heavy atom. The molecule has 0 spiro atoms. The highest BCUT2D eigenvalue weighted by atomic mass is 16.2. The summed E-state index contributed by atoms with van der Waals surface area (Å²) < 4.78 is 0. The smallest absolute Gasteiger partial charge is 0.234 e. The Bertz CT molecular complexity index is 555. The fraction of sp³-hybridized carbons (Fsp3) is 0.682. The molecule has 0 bridgehead atoms. The number of hydrogen-bond donors (Lipinski definition) is 1. The third-order valence-corrected chi connectivity index (χ3v) is 6.00. The van der Waals surface area contributed by atoms with Crippen LogP contribution in [0.1, 0.15) is 56.6 Å². The summed E-state index contributed by atoms with van der Waals surface area (Å²) in [6.45, 7) is 10.00. The van der Waals surface area contributed by atoms with Crippen LogP contribution in [0, 0.1) is 0 Å². The first-order valence-corrected chi connectivity index (χ1v) is 10.4. The first-order valence-electron chi connectivity index (χ1n) is 10.4. The molecule has 144 valence electrons. The number of piperazine rings is 1. The molecule has 1 amide bonds. The highest BCUT2D eigenvalue weighted by Crippen LogP contribution is 2.24. The second kappa shape index (κ2) is 9.52. The summed E-state index contributed by atoms with van der Waals surface area (Å²) in [5.41, 5.74) is 2.66. The number of hydrogen-bond acceptors (Lipinski definition) is 3. The van der Waals surface area contributed by atoms with Gasteiger partial charge in [-0.3, -0.25) is 14.6 Å². The van der Waals surface area contributed by atoms with Gasteiger partial charge in [-0.05, 0) is 36.3 Å². The van der Waals surface area contributed by atoms with Crippen LogP contribution < -0.4 is 5.32 Å². The average molecular weight is 358 g/mol. The van der Waals surface area contributed by atoms with E-state index in [0.29, 0.717) is 12.5 Å². The Hall–Kier alpha value is -1.39. The Morgan fingerprint density at radius 2 is 1.73 bits per heavy atom. The highest BCUT2D eigenvalue weighted by Gasteiger charge is 2.26. The minimum atomic E-state index is 0.165. The van der Waals surface area contributed by atoms with Crippen LogP contribution >= 0.6 is 0 Å². The minimum absolute atomic E-state index is 0.165. The van der Waals surface area contributed by atoms with Gasteiger partial charge in [0.25, 0.3) is 0 Å². The standard InChI is InChI=1S/C22H35N3O/c1-18(2)20-9-7-19(8-10-20)11-12-23-22(26)17-24-13-15-25(16-14-24)21-5-3-4-6-21/h7-10,18,21H,3-6,11-17H2,1-2H3,(H,23,26). The van der Waals surface area contributed by atoms with Crippen molar-refractivity contribution in [2.75, 3.05) is 39.3 Å². The molecule has 1 aromatic rings. The Labute approximate surface area is 158 Å². The Kier molecular flexibility index (Phi) is 7.09. The van der Waals surface area contributed by atoms with Gasteiger partial charge < -0.3 is 5.32 Å². The molecule has 2 fully saturated rings. The number of carbonyl (C=O) groups is 1. The molecule has 0 aromatic heterocycles. The Balaban J connectivity index is 1.32. The summed E-state index contributed by atoms with van der Waals surface area (Å²) in [5.74, 6) is 0.732. The molecule has 1 aliphatic carbocycles. The van der Waals surface area contributed by atoms with Crippen molar-refractivity contribution in [2.45, 2.75) is 57.9 Å². The topological polar surface area (TPSA) is 35.6 Å². The number of rotatable bonds is 7. The summed E-state index contributed by atoms with van der Waals surface area (Å²) in [7, 11) is 0. The van der Waals surface area contributed by atoms with Crippen molar-refractivity contribution in [3.05, 3.63) is 35.4 Å². The normalized spacial score (nSPS) is 20.0. The van der Waals surface area contributed by atoms with Crippen LogP contribution in [0.3, 0.4) is 0 Å². The summed E-state index contributed by atoms with van der Waals surface area (Å²) in [6.07, 6.45) is 6.44. The Morgan fingerprint density at radius 3 is 2.35 bits per heavy atom. The summed E-state index contributed by atoms with van der Waals surface area (Å²) in [4.78, 5) is 17.2. The molecule has 1 aromatic carbocycles. The zero-order valence-corrected chi connectivity index (χ0v) is 16.5. The van der Waals surface area contributed by atoms with Gasteiger partial charge in [0.05, 0.1) is 6.54 Å². The van der Waals surface area contributed by atoms with Crippen LogP contribution in [-0.4, -0.2) is 61.0 Å². The number of carbonyl (C=O) groups excluding carboxylic acids is 1. The third-order valence-electron chi connectivity index (χ3n) is 6.00. The fourth-order valence-corrected chi connectivity index (χ4v) is 4.23. The molecule has 1 N–H and O–H groups in total. The van der Waals surface area contributed by atoms with Crippen molar-refractivity contribution in [3.63, 3.8) is 0 Å². The molecule has 1 saturated heterocycles. The maximum Gasteiger partial charge on any atom is 0.234 e. The van der Waals surface area contributed by atoms with Crippen molar-refractivity contribution >= 4 is 5.91 Å². The van der Waals surface area contributed by atoms with E-state index in [1.54, 1.807) is 0 Å². The fourth-order valence-electron chi connectivity index (χ4n) is 4.23. The van der Waals surface area contributed by atoms with Gasteiger partial charge in [0.15, 0.2) is 0 Å². The van der Waals surface area contributed by atoms with Crippen molar-refractivity contribution in [1.29, 1.82) is 0 Å². The van der Waals surface area contributed by atoms with Crippen LogP contribution in [0.15, 0.2) is 24.3 Å². The van der Waals surface area contributed by atoms with E-state index in [0.717, 1.165) is 45.2 Å². The van der Waals surface area contributed by atoms with Gasteiger partial charge in [-0.2, -0.15) is 0 Å². The van der Waals surface area contributed by atoms with Gasteiger partial charge in [0.2, 0.25) is 5.91 Å². The van der Waals surface area contributed by atoms with E-state index in [1.807, 2.05) is 0 Å². The number of nitrogens with zero attached hydrogens (tertiary/aromatic N) is 2. The van der Waals surface area contributed by atoms with Gasteiger partial charge in [-0.1, -0.05) is 51.0 Å². The lowest BCUT2D eigenvalue weighted by Gasteiger charge is -2.37. The predicted octanol–water partition coefficient (Wildman–Crippen LogP) is 3.03. The lowest BCUT2D eigenvalue weighted by molar-refractivity contribution is -0.122. The van der Waals surface area contributed by atoms with Crippen molar-refractivity contribution in [3.8, 4) is 0 Å². The van der Waals surface area contributed by atoms with Crippen LogP contribution in [0.2, 0.25) is 0 Å². The van der Waals surface area contributed by atoms with E-state index in [2.05, 4.69) is 53.2 Å². The highest BCUT2D eigenvalue weighted by molar-refractivity contribution is 5.78. The van der Waals surface area contributed by atoms with Crippen molar-refractivity contribution in [1.82, 2.24) is 15.1 Å². The van der Waals surface area contributed by atoms with E-state index in [9.17, 15) is 4.79 Å². The molecular formula is C22H35N3O. The largest absolute Gasteiger partial charge is 0.355 e. The van der Waals surface area contributed by atoms with Gasteiger partial charge >= 0.3 is 0 Å². The van der Waals surface area contributed by atoms with Gasteiger partial charge in [-0.25, -0.2) is 0 Å². The summed E-state index contributed by atoms with van der Waals surface area (Å²) >= 11 is 0. The summed E-state index contributed by atoms with van der Waals surface area (Å²) in [6, 6.07) is 9.58. The van der Waals surface area contributed by atoms with Crippen LogP contribution in [0.25, 0.3) is 0 Å². The quantitative estimate of drug-likeness (QED) is 0.815. The molecule has 0 atom stereocenters. The predicted molar refractivity (Wildman–Crippen MR) is 108 cm³/mol. The van der Waals surface area contributed by atoms with Gasteiger partial charge in [0.1, 0.15) is 0 Å². The van der Waals surface area contributed by atoms with E-state index >= 15 is 0 Å².